The first kappa shape index (κ1) is 19.7. The maximum Gasteiger partial charge on any atom is 0.276 e. The number of nitrogens with zero attached hydrogens (tertiary/aromatic N) is 1. The molecule has 3 aromatic carbocycles. The molecule has 7 rings (SSSR count). The van der Waals surface area contributed by atoms with Crippen molar-refractivity contribution >= 4 is 23.4 Å². The van der Waals surface area contributed by atoms with Crippen molar-refractivity contribution in [1.82, 2.24) is 0 Å². The Morgan fingerprint density at radius 2 is 1.47 bits per heavy atom. The molecular formula is C29H29NO2. The van der Waals surface area contributed by atoms with E-state index in [0.717, 1.165) is 34.3 Å². The topological polar surface area (TPSA) is 38.7 Å². The first-order valence-corrected chi connectivity index (χ1v) is 11.8. The number of carbonyl (C=O) groups is 1. The molecule has 4 aliphatic rings. The molecule has 0 atom stereocenters. The van der Waals surface area contributed by atoms with Gasteiger partial charge in [0.2, 0.25) is 0 Å². The van der Waals surface area contributed by atoms with Gasteiger partial charge in [-0.25, -0.2) is 4.99 Å². The molecule has 3 aromatic rings. The molecule has 3 nitrogen and oxygen atoms in total. The van der Waals surface area contributed by atoms with Gasteiger partial charge in [0.25, 0.3) is 5.91 Å². The van der Waals surface area contributed by atoms with Gasteiger partial charge >= 0.3 is 0 Å². The molecule has 4 saturated carbocycles. The third-order valence-electron chi connectivity index (χ3n) is 8.37. The number of benzene rings is 3. The number of amides is 1. The Labute approximate surface area is 189 Å². The Bertz CT molecular complexity index is 1210. The van der Waals surface area contributed by atoms with Crippen LogP contribution < -0.4 is 4.74 Å². The summed E-state index contributed by atoms with van der Waals surface area (Å²) in [5, 5.41) is 2.16. The van der Waals surface area contributed by atoms with Crippen LogP contribution in [-0.2, 0) is 5.41 Å². The van der Waals surface area contributed by atoms with Crippen molar-refractivity contribution in [1.29, 1.82) is 0 Å². The van der Waals surface area contributed by atoms with E-state index in [4.69, 9.17) is 4.74 Å². The minimum atomic E-state index is -0.286. The van der Waals surface area contributed by atoms with Crippen molar-refractivity contribution in [2.24, 2.45) is 22.7 Å². The van der Waals surface area contributed by atoms with Crippen LogP contribution in [0.1, 0.15) is 54.4 Å². The summed E-state index contributed by atoms with van der Waals surface area (Å²) < 4.78 is 5.90. The Hall–Kier alpha value is -2.94. The van der Waals surface area contributed by atoms with Gasteiger partial charge in [0.1, 0.15) is 5.75 Å². The van der Waals surface area contributed by atoms with Crippen LogP contribution in [0.25, 0.3) is 21.9 Å². The van der Waals surface area contributed by atoms with Crippen LogP contribution in [0.15, 0.2) is 59.6 Å². The normalized spacial score (nSPS) is 28.1. The lowest BCUT2D eigenvalue weighted by Crippen LogP contribution is -2.48. The second-order valence-electron chi connectivity index (χ2n) is 10.4. The van der Waals surface area contributed by atoms with Crippen molar-refractivity contribution in [3.05, 3.63) is 65.7 Å². The third-order valence-corrected chi connectivity index (χ3v) is 8.37. The standard InChI is InChI=1S/C29H29NO2/c1-30-28(31)25-6-5-21-12-22(3-4-23(21)13-25)24-7-8-27(32-2)26(14-24)29-15-18-9-19(16-29)11-20(10-18)17-29/h3-8,12-14,18-20H,1,9-11,15-17H2,2H3. The van der Waals surface area contributed by atoms with Gasteiger partial charge < -0.3 is 4.74 Å². The van der Waals surface area contributed by atoms with E-state index in [0.29, 0.717) is 11.0 Å². The summed E-state index contributed by atoms with van der Waals surface area (Å²) in [4.78, 5) is 15.4. The predicted octanol–water partition coefficient (Wildman–Crippen LogP) is 6.82. The van der Waals surface area contributed by atoms with E-state index < -0.39 is 0 Å². The summed E-state index contributed by atoms with van der Waals surface area (Å²) in [5.74, 6) is 3.47. The van der Waals surface area contributed by atoms with Crippen molar-refractivity contribution in [2.75, 3.05) is 7.11 Å². The molecule has 0 heterocycles. The maximum atomic E-state index is 11.9. The Morgan fingerprint density at radius 1 is 0.875 bits per heavy atom. The molecule has 4 fully saturated rings. The highest BCUT2D eigenvalue weighted by Gasteiger charge is 2.52. The highest BCUT2D eigenvalue weighted by Crippen LogP contribution is 2.62. The molecule has 1 amide bonds. The molecule has 0 spiro atoms. The summed E-state index contributed by atoms with van der Waals surface area (Å²) in [5.41, 5.74) is 4.74. The number of aliphatic imine (C=N–C) groups is 1. The van der Waals surface area contributed by atoms with E-state index in [1.165, 1.54) is 55.2 Å². The monoisotopic (exact) mass is 423 g/mol. The highest BCUT2D eigenvalue weighted by molar-refractivity contribution is 6.01. The second kappa shape index (κ2) is 7.30. The van der Waals surface area contributed by atoms with E-state index in [1.807, 2.05) is 25.3 Å². The fraction of sp³-hybridized carbons (Fsp3) is 0.379. The van der Waals surface area contributed by atoms with E-state index in [9.17, 15) is 4.79 Å². The molecule has 162 valence electrons. The third kappa shape index (κ3) is 3.09. The molecule has 4 bridgehead atoms. The van der Waals surface area contributed by atoms with Crippen molar-refractivity contribution in [3.63, 3.8) is 0 Å². The van der Waals surface area contributed by atoms with E-state index in [-0.39, 0.29) is 5.91 Å². The molecule has 0 aliphatic heterocycles. The summed E-state index contributed by atoms with van der Waals surface area (Å²) in [6.45, 7) is 3.35. The summed E-state index contributed by atoms with van der Waals surface area (Å²) in [7, 11) is 1.81. The first-order valence-electron chi connectivity index (χ1n) is 11.8. The zero-order valence-corrected chi connectivity index (χ0v) is 18.6. The predicted molar refractivity (Wildman–Crippen MR) is 130 cm³/mol. The van der Waals surface area contributed by atoms with Gasteiger partial charge in [0.15, 0.2) is 0 Å². The van der Waals surface area contributed by atoms with Crippen LogP contribution in [-0.4, -0.2) is 19.7 Å². The number of rotatable bonds is 4. The Kier molecular flexibility index (Phi) is 4.50. The molecule has 0 unspecified atom stereocenters. The highest BCUT2D eigenvalue weighted by atomic mass is 16.5. The summed E-state index contributed by atoms with van der Waals surface area (Å²) in [6.07, 6.45) is 8.30. The zero-order valence-electron chi connectivity index (χ0n) is 18.6. The minimum Gasteiger partial charge on any atom is -0.496 e. The van der Waals surface area contributed by atoms with E-state index >= 15 is 0 Å². The lowest BCUT2D eigenvalue weighted by molar-refractivity contribution is -0.00613. The van der Waals surface area contributed by atoms with Gasteiger partial charge in [0.05, 0.1) is 7.11 Å². The van der Waals surface area contributed by atoms with Gasteiger partial charge in [-0.1, -0.05) is 24.3 Å². The fourth-order valence-corrected chi connectivity index (χ4v) is 7.39. The van der Waals surface area contributed by atoms with Crippen molar-refractivity contribution in [2.45, 2.75) is 43.9 Å². The lowest BCUT2D eigenvalue weighted by atomic mass is 9.48. The lowest BCUT2D eigenvalue weighted by Gasteiger charge is -2.57. The van der Waals surface area contributed by atoms with Crippen molar-refractivity contribution in [3.8, 4) is 16.9 Å². The molecule has 0 radical (unpaired) electrons. The number of hydrogen-bond acceptors (Lipinski definition) is 2. The first-order chi connectivity index (χ1) is 15.6. The van der Waals surface area contributed by atoms with Gasteiger partial charge in [-0.3, -0.25) is 4.79 Å². The van der Waals surface area contributed by atoms with Crippen LogP contribution in [0, 0.1) is 17.8 Å². The van der Waals surface area contributed by atoms with Gasteiger partial charge in [0, 0.05) is 11.1 Å². The van der Waals surface area contributed by atoms with Gasteiger partial charge in [-0.15, -0.1) is 0 Å². The second-order valence-corrected chi connectivity index (χ2v) is 10.4. The average Bonchev–Trinajstić information content (AvgIpc) is 2.81. The maximum absolute atomic E-state index is 11.9. The molecule has 0 aromatic heterocycles. The molecule has 4 aliphatic carbocycles. The van der Waals surface area contributed by atoms with Crippen LogP contribution >= 0.6 is 0 Å². The quantitative estimate of drug-likeness (QED) is 0.432. The number of ether oxygens (including phenoxy) is 1. The molecular weight excluding hydrogens is 394 g/mol. The summed E-state index contributed by atoms with van der Waals surface area (Å²) in [6, 6.07) is 19.0. The number of methoxy groups -OCH3 is 1. The van der Waals surface area contributed by atoms with Crippen LogP contribution in [0.5, 0.6) is 5.75 Å². The van der Waals surface area contributed by atoms with Crippen molar-refractivity contribution < 1.29 is 9.53 Å². The van der Waals surface area contributed by atoms with Crippen LogP contribution in [0.3, 0.4) is 0 Å². The largest absolute Gasteiger partial charge is 0.496 e. The van der Waals surface area contributed by atoms with Crippen LogP contribution in [0.4, 0.5) is 0 Å². The zero-order chi connectivity index (χ0) is 21.9. The average molecular weight is 424 g/mol. The number of carbonyl (C=O) groups excluding carboxylic acids is 1. The smallest absolute Gasteiger partial charge is 0.276 e. The molecule has 3 heteroatoms. The molecule has 0 saturated heterocycles. The minimum absolute atomic E-state index is 0.286. The van der Waals surface area contributed by atoms with Gasteiger partial charge in [-0.05, 0) is 121 Å². The fourth-order valence-electron chi connectivity index (χ4n) is 7.39. The van der Waals surface area contributed by atoms with E-state index in [1.54, 1.807) is 0 Å². The molecule has 32 heavy (non-hydrogen) atoms. The summed E-state index contributed by atoms with van der Waals surface area (Å²) >= 11 is 0. The Morgan fingerprint density at radius 3 is 2.12 bits per heavy atom. The van der Waals surface area contributed by atoms with Crippen LogP contribution in [0.2, 0.25) is 0 Å². The number of fused-ring (bicyclic) bond motifs is 1. The number of hydrogen-bond donors (Lipinski definition) is 0. The molecule has 0 N–H and O–H groups in total. The SMILES string of the molecule is C=NC(=O)c1ccc2cc(-c3ccc(OC)c(C45CC6CC(CC(C6)C4)C5)c3)ccc2c1. The van der Waals surface area contributed by atoms with E-state index in [2.05, 4.69) is 48.1 Å². The van der Waals surface area contributed by atoms with Gasteiger partial charge in [-0.2, -0.15) is 0 Å². The Balaban J connectivity index is 1.41.